The molecule has 2 N–H and O–H groups in total. The first-order chi connectivity index (χ1) is 16.4. The zero-order valence-corrected chi connectivity index (χ0v) is 20.2. The van der Waals surface area contributed by atoms with E-state index in [0.717, 1.165) is 18.4 Å². The van der Waals surface area contributed by atoms with Gasteiger partial charge in [-0.05, 0) is 60.2 Å². The average molecular weight is 506 g/mol. The predicted molar refractivity (Wildman–Crippen MR) is 128 cm³/mol. The van der Waals surface area contributed by atoms with Crippen LogP contribution in [0.15, 0.2) is 65.6 Å². The number of ketones is 1. The van der Waals surface area contributed by atoms with Gasteiger partial charge in [0.1, 0.15) is 5.75 Å². The number of ether oxygens (including phenoxy) is 1. The number of primary sulfonamides is 1. The quantitative estimate of drug-likeness (QED) is 0.363. The minimum Gasteiger partial charge on any atom is -0.405 e. The summed E-state index contributed by atoms with van der Waals surface area (Å²) in [4.78, 5) is 13.0. The number of aryl methyl sites for hydroxylation is 2. The Morgan fingerprint density at radius 3 is 2.34 bits per heavy atom. The normalized spacial score (nSPS) is 11.9. The van der Waals surface area contributed by atoms with Crippen molar-refractivity contribution in [3.8, 4) is 16.9 Å². The van der Waals surface area contributed by atoms with E-state index < -0.39 is 16.4 Å². The second-order valence-corrected chi connectivity index (χ2v) is 9.79. The molecular formula is C26H26F3NO4S. The summed E-state index contributed by atoms with van der Waals surface area (Å²) in [5, 5.41) is 5.20. The van der Waals surface area contributed by atoms with Crippen molar-refractivity contribution in [3.05, 3.63) is 82.9 Å². The number of carbonyl (C=O) groups excluding carboxylic acids is 1. The van der Waals surface area contributed by atoms with Gasteiger partial charge in [0.15, 0.2) is 5.78 Å². The van der Waals surface area contributed by atoms with Gasteiger partial charge in [-0.25, -0.2) is 13.6 Å². The highest BCUT2D eigenvalue weighted by atomic mass is 32.2. The summed E-state index contributed by atoms with van der Waals surface area (Å²) in [6.07, 6.45) is -2.55. The van der Waals surface area contributed by atoms with Gasteiger partial charge in [-0.1, -0.05) is 55.8 Å². The lowest BCUT2D eigenvalue weighted by Crippen LogP contribution is -2.17. The van der Waals surface area contributed by atoms with E-state index in [4.69, 9.17) is 5.14 Å². The lowest BCUT2D eigenvalue weighted by Gasteiger charge is -2.17. The van der Waals surface area contributed by atoms with E-state index in [-0.39, 0.29) is 22.8 Å². The standard InChI is InChI=1S/C26H26F3NO4S/c1-3-4-7-19-16-20(23(31)15-18-10-13-25(17(2)14-18)35(30,32)33)11-12-21(19)22-8-5-6-9-24(22)34-26(27,28)29/h5-6,8-14,16H,3-4,7,15H2,1-2H3,(H2,30,32,33). The van der Waals surface area contributed by atoms with Crippen molar-refractivity contribution in [3.63, 3.8) is 0 Å². The molecule has 0 bridgehead atoms. The molecule has 0 amide bonds. The fourth-order valence-electron chi connectivity index (χ4n) is 3.93. The van der Waals surface area contributed by atoms with Crippen LogP contribution in [0.5, 0.6) is 5.75 Å². The van der Waals surface area contributed by atoms with Gasteiger partial charge >= 0.3 is 6.36 Å². The van der Waals surface area contributed by atoms with Crippen molar-refractivity contribution >= 4 is 15.8 Å². The summed E-state index contributed by atoms with van der Waals surface area (Å²) in [6, 6.07) is 15.4. The minimum atomic E-state index is -4.83. The molecule has 0 aliphatic rings. The van der Waals surface area contributed by atoms with Crippen LogP contribution in [0.2, 0.25) is 0 Å². The maximum atomic E-state index is 13.0. The van der Waals surface area contributed by atoms with Crippen molar-refractivity contribution in [1.82, 2.24) is 0 Å². The van der Waals surface area contributed by atoms with Crippen LogP contribution in [0.1, 0.15) is 46.8 Å². The van der Waals surface area contributed by atoms with Crippen LogP contribution < -0.4 is 9.88 Å². The molecule has 0 saturated carbocycles. The van der Waals surface area contributed by atoms with Crippen LogP contribution in [-0.4, -0.2) is 20.6 Å². The maximum absolute atomic E-state index is 13.0. The largest absolute Gasteiger partial charge is 0.573 e. The number of benzene rings is 3. The summed E-state index contributed by atoms with van der Waals surface area (Å²) in [7, 11) is -3.86. The lowest BCUT2D eigenvalue weighted by atomic mass is 9.91. The molecule has 0 unspecified atom stereocenters. The SMILES string of the molecule is CCCCc1cc(C(=O)Cc2ccc(S(N)(=O)=O)c(C)c2)ccc1-c1ccccc1OC(F)(F)F. The van der Waals surface area contributed by atoms with Gasteiger partial charge in [0.2, 0.25) is 10.0 Å². The van der Waals surface area contributed by atoms with Crippen molar-refractivity contribution in [2.75, 3.05) is 0 Å². The number of nitrogens with two attached hydrogens (primary N) is 1. The molecule has 5 nitrogen and oxygen atoms in total. The zero-order valence-electron chi connectivity index (χ0n) is 19.4. The van der Waals surface area contributed by atoms with E-state index in [9.17, 15) is 26.4 Å². The summed E-state index contributed by atoms with van der Waals surface area (Å²) in [5.41, 5.74) is 3.10. The van der Waals surface area contributed by atoms with Gasteiger partial charge in [-0.15, -0.1) is 13.2 Å². The Kier molecular flexibility index (Phi) is 8.02. The number of Topliss-reactive ketones (excluding diaryl/α,β-unsaturated/α-hetero) is 1. The van der Waals surface area contributed by atoms with Crippen LogP contribution in [-0.2, 0) is 22.9 Å². The van der Waals surface area contributed by atoms with E-state index in [0.29, 0.717) is 34.2 Å². The fourth-order valence-corrected chi connectivity index (χ4v) is 4.70. The maximum Gasteiger partial charge on any atom is 0.573 e. The summed E-state index contributed by atoms with van der Waals surface area (Å²) in [6.45, 7) is 3.61. The van der Waals surface area contributed by atoms with Gasteiger partial charge in [0.25, 0.3) is 0 Å². The molecule has 0 aliphatic heterocycles. The van der Waals surface area contributed by atoms with Gasteiger partial charge in [0, 0.05) is 17.5 Å². The molecule has 0 saturated heterocycles. The Morgan fingerprint density at radius 1 is 1.00 bits per heavy atom. The molecule has 0 atom stereocenters. The van der Waals surface area contributed by atoms with Gasteiger partial charge in [-0.3, -0.25) is 4.79 Å². The smallest absolute Gasteiger partial charge is 0.405 e. The molecule has 0 heterocycles. The second kappa shape index (κ2) is 10.6. The number of alkyl halides is 3. The second-order valence-electron chi connectivity index (χ2n) is 8.26. The molecule has 0 aromatic heterocycles. The number of sulfonamides is 1. The van der Waals surface area contributed by atoms with Crippen LogP contribution in [0.25, 0.3) is 11.1 Å². The number of hydrogen-bond donors (Lipinski definition) is 1. The van der Waals surface area contributed by atoms with Gasteiger partial charge < -0.3 is 4.74 Å². The number of halogens is 3. The Balaban J connectivity index is 1.95. The number of hydrogen-bond acceptors (Lipinski definition) is 4. The van der Waals surface area contributed by atoms with Gasteiger partial charge in [0.05, 0.1) is 4.90 Å². The third kappa shape index (κ3) is 6.93. The van der Waals surface area contributed by atoms with Crippen LogP contribution in [0, 0.1) is 6.92 Å². The van der Waals surface area contributed by atoms with Crippen LogP contribution in [0.3, 0.4) is 0 Å². The number of unbranched alkanes of at least 4 members (excludes halogenated alkanes) is 1. The first kappa shape index (κ1) is 26.4. The first-order valence-electron chi connectivity index (χ1n) is 11.0. The minimum absolute atomic E-state index is 0.000329. The number of rotatable bonds is 9. The van der Waals surface area contributed by atoms with E-state index in [2.05, 4.69) is 4.74 Å². The predicted octanol–water partition coefficient (Wildman–Crippen LogP) is 5.98. The third-order valence-corrected chi connectivity index (χ3v) is 6.61. The molecule has 186 valence electrons. The van der Waals surface area contributed by atoms with E-state index in [1.807, 2.05) is 6.92 Å². The molecule has 0 radical (unpaired) electrons. The Bertz CT molecular complexity index is 1330. The number of carbonyl (C=O) groups is 1. The molecule has 35 heavy (non-hydrogen) atoms. The molecule has 0 fully saturated rings. The average Bonchev–Trinajstić information content (AvgIpc) is 2.76. The van der Waals surface area contributed by atoms with Crippen molar-refractivity contribution in [2.45, 2.75) is 50.8 Å². The fraction of sp³-hybridized carbons (Fsp3) is 0.269. The molecule has 0 spiro atoms. The summed E-state index contributed by atoms with van der Waals surface area (Å²) < 4.78 is 66.3. The van der Waals surface area contributed by atoms with Gasteiger partial charge in [-0.2, -0.15) is 0 Å². The van der Waals surface area contributed by atoms with E-state index in [1.54, 1.807) is 49.4 Å². The van der Waals surface area contributed by atoms with Crippen LogP contribution >= 0.6 is 0 Å². The molecule has 3 aromatic carbocycles. The zero-order chi connectivity index (χ0) is 25.8. The molecule has 9 heteroatoms. The summed E-state index contributed by atoms with van der Waals surface area (Å²) >= 11 is 0. The third-order valence-electron chi connectivity index (χ3n) is 5.54. The van der Waals surface area contributed by atoms with Crippen LogP contribution in [0.4, 0.5) is 13.2 Å². The molecule has 3 aromatic rings. The topological polar surface area (TPSA) is 86.5 Å². The molecule has 3 rings (SSSR count). The Labute approximate surface area is 202 Å². The Hall–Kier alpha value is -3.17. The summed E-state index contributed by atoms with van der Waals surface area (Å²) in [5.74, 6) is -0.501. The monoisotopic (exact) mass is 505 g/mol. The van der Waals surface area contributed by atoms with E-state index in [1.165, 1.54) is 18.2 Å². The highest BCUT2D eigenvalue weighted by Gasteiger charge is 2.32. The first-order valence-corrected chi connectivity index (χ1v) is 12.6. The number of para-hydroxylation sites is 1. The molecular weight excluding hydrogens is 479 g/mol. The molecule has 0 aliphatic carbocycles. The van der Waals surface area contributed by atoms with Crippen molar-refractivity contribution in [1.29, 1.82) is 0 Å². The highest BCUT2D eigenvalue weighted by Crippen LogP contribution is 2.36. The van der Waals surface area contributed by atoms with Crippen molar-refractivity contribution in [2.24, 2.45) is 5.14 Å². The Morgan fingerprint density at radius 2 is 1.71 bits per heavy atom. The lowest BCUT2D eigenvalue weighted by molar-refractivity contribution is -0.274. The van der Waals surface area contributed by atoms with E-state index >= 15 is 0 Å². The van der Waals surface area contributed by atoms with Crippen molar-refractivity contribution < 1.29 is 31.1 Å². The highest BCUT2D eigenvalue weighted by molar-refractivity contribution is 7.89.